The summed E-state index contributed by atoms with van der Waals surface area (Å²) >= 11 is 0. The average Bonchev–Trinajstić information content (AvgIpc) is 2.25. The van der Waals surface area contributed by atoms with Gasteiger partial charge >= 0.3 is 5.69 Å². The number of ether oxygens (including phenoxy) is 1. The predicted molar refractivity (Wildman–Crippen MR) is 60.4 cm³/mol. The van der Waals surface area contributed by atoms with Gasteiger partial charge in [0.2, 0.25) is 5.82 Å². The zero-order chi connectivity index (χ0) is 12.1. The van der Waals surface area contributed by atoms with Crippen molar-refractivity contribution >= 4 is 17.3 Å². The van der Waals surface area contributed by atoms with E-state index in [2.05, 4.69) is 4.98 Å². The molecule has 1 heterocycles. The lowest BCUT2D eigenvalue weighted by atomic mass is 10.3. The molecule has 1 aromatic heterocycles. The fraction of sp³-hybridized carbons (Fsp3) is 0.444. The largest absolute Gasteiger partial charge is 0.383 e. The molecule has 0 radical (unpaired) electrons. The van der Waals surface area contributed by atoms with E-state index in [1.807, 2.05) is 11.9 Å². The van der Waals surface area contributed by atoms with E-state index in [4.69, 9.17) is 10.5 Å². The van der Waals surface area contributed by atoms with Crippen molar-refractivity contribution in [1.29, 1.82) is 0 Å². The van der Waals surface area contributed by atoms with Crippen LogP contribution in [-0.2, 0) is 4.74 Å². The highest BCUT2D eigenvalue weighted by Crippen LogP contribution is 2.22. The summed E-state index contributed by atoms with van der Waals surface area (Å²) in [4.78, 5) is 15.7. The molecule has 16 heavy (non-hydrogen) atoms. The van der Waals surface area contributed by atoms with Gasteiger partial charge in [-0.15, -0.1) is 0 Å². The smallest absolute Gasteiger partial charge is 0.311 e. The molecule has 0 fully saturated rings. The summed E-state index contributed by atoms with van der Waals surface area (Å²) in [7, 11) is 3.41. The predicted octanol–water partition coefficient (Wildman–Crippen LogP) is 0.655. The number of hydrogen-bond acceptors (Lipinski definition) is 6. The van der Waals surface area contributed by atoms with Gasteiger partial charge in [-0.1, -0.05) is 0 Å². The normalized spacial score (nSPS) is 10.1. The van der Waals surface area contributed by atoms with Gasteiger partial charge in [-0.2, -0.15) is 0 Å². The van der Waals surface area contributed by atoms with Gasteiger partial charge in [-0.3, -0.25) is 10.1 Å². The maximum absolute atomic E-state index is 10.5. The molecule has 0 unspecified atom stereocenters. The number of likely N-dealkylation sites (N-methyl/N-ethyl adjacent to an activating group) is 1. The van der Waals surface area contributed by atoms with E-state index in [1.54, 1.807) is 13.2 Å². The van der Waals surface area contributed by atoms with Crippen LogP contribution in [0.3, 0.4) is 0 Å². The highest BCUT2D eigenvalue weighted by atomic mass is 16.6. The van der Waals surface area contributed by atoms with Gasteiger partial charge in [0.25, 0.3) is 0 Å². The summed E-state index contributed by atoms with van der Waals surface area (Å²) in [5, 5.41) is 10.5. The van der Waals surface area contributed by atoms with Crippen molar-refractivity contribution < 1.29 is 9.66 Å². The van der Waals surface area contributed by atoms with Gasteiger partial charge < -0.3 is 15.4 Å². The molecule has 0 aliphatic heterocycles. The molecule has 0 amide bonds. The molecule has 0 saturated carbocycles. The zero-order valence-electron chi connectivity index (χ0n) is 9.21. The first kappa shape index (κ1) is 12.2. The second-order valence-corrected chi connectivity index (χ2v) is 3.25. The second kappa shape index (κ2) is 5.26. The molecule has 0 atom stereocenters. The van der Waals surface area contributed by atoms with Crippen LogP contribution in [0.25, 0.3) is 0 Å². The number of nitrogen functional groups attached to an aromatic ring is 1. The Hall–Kier alpha value is -1.89. The van der Waals surface area contributed by atoms with Crippen LogP contribution in [-0.4, -0.2) is 37.2 Å². The number of methoxy groups -OCH3 is 1. The standard InChI is InChI=1S/C9H14N4O3/c1-12(5-6-16-2)8-4-3-7(13(14)15)9(10)11-8/h3-4H,5-6H2,1-2H3,(H2,10,11). The number of rotatable bonds is 5. The quantitative estimate of drug-likeness (QED) is 0.585. The second-order valence-electron chi connectivity index (χ2n) is 3.25. The molecule has 0 aliphatic carbocycles. The minimum absolute atomic E-state index is 0.0771. The van der Waals surface area contributed by atoms with Crippen molar-refractivity contribution in [3.8, 4) is 0 Å². The summed E-state index contributed by atoms with van der Waals surface area (Å²) in [6.45, 7) is 1.19. The Bertz CT molecular complexity index is 383. The Morgan fingerprint density at radius 3 is 2.81 bits per heavy atom. The summed E-state index contributed by atoms with van der Waals surface area (Å²) in [5.41, 5.74) is 5.30. The topological polar surface area (TPSA) is 94.5 Å². The van der Waals surface area contributed by atoms with Crippen molar-refractivity contribution in [3.63, 3.8) is 0 Å². The molecule has 7 nitrogen and oxygen atoms in total. The van der Waals surface area contributed by atoms with Crippen LogP contribution in [0.2, 0.25) is 0 Å². The minimum atomic E-state index is -0.554. The van der Waals surface area contributed by atoms with Gasteiger partial charge in [-0.05, 0) is 6.07 Å². The third-order valence-corrected chi connectivity index (χ3v) is 2.11. The lowest BCUT2D eigenvalue weighted by molar-refractivity contribution is -0.384. The van der Waals surface area contributed by atoms with Gasteiger partial charge in [0.15, 0.2) is 0 Å². The highest BCUT2D eigenvalue weighted by Gasteiger charge is 2.14. The van der Waals surface area contributed by atoms with E-state index in [0.717, 1.165) is 0 Å². The van der Waals surface area contributed by atoms with Crippen molar-refractivity contribution in [3.05, 3.63) is 22.2 Å². The molecule has 0 bridgehead atoms. The Labute approximate surface area is 93.0 Å². The van der Waals surface area contributed by atoms with Crippen LogP contribution in [0.5, 0.6) is 0 Å². The molecule has 1 aromatic rings. The number of nitrogens with zero attached hydrogens (tertiary/aromatic N) is 3. The Morgan fingerprint density at radius 1 is 1.62 bits per heavy atom. The monoisotopic (exact) mass is 226 g/mol. The maximum Gasteiger partial charge on any atom is 0.311 e. The molecule has 0 saturated heterocycles. The van der Waals surface area contributed by atoms with E-state index < -0.39 is 4.92 Å². The van der Waals surface area contributed by atoms with Crippen LogP contribution in [0.15, 0.2) is 12.1 Å². The van der Waals surface area contributed by atoms with Crippen molar-refractivity contribution in [1.82, 2.24) is 4.98 Å². The van der Waals surface area contributed by atoms with Crippen LogP contribution < -0.4 is 10.6 Å². The molecule has 7 heteroatoms. The number of nitrogens with two attached hydrogens (primary N) is 1. The lowest BCUT2D eigenvalue weighted by Crippen LogP contribution is -2.23. The molecule has 1 rings (SSSR count). The van der Waals surface area contributed by atoms with Crippen molar-refractivity contribution in [2.24, 2.45) is 0 Å². The average molecular weight is 226 g/mol. The maximum atomic E-state index is 10.5. The van der Waals surface area contributed by atoms with Gasteiger partial charge in [-0.25, -0.2) is 4.98 Å². The van der Waals surface area contributed by atoms with E-state index in [0.29, 0.717) is 19.0 Å². The van der Waals surface area contributed by atoms with Crippen molar-refractivity contribution in [2.75, 3.05) is 37.9 Å². The number of anilines is 2. The first-order chi connectivity index (χ1) is 7.56. The van der Waals surface area contributed by atoms with E-state index in [9.17, 15) is 10.1 Å². The molecule has 0 aromatic carbocycles. The Morgan fingerprint density at radius 2 is 2.31 bits per heavy atom. The third kappa shape index (κ3) is 2.80. The minimum Gasteiger partial charge on any atom is -0.383 e. The molecule has 88 valence electrons. The van der Waals surface area contributed by atoms with Crippen LogP contribution in [0.4, 0.5) is 17.3 Å². The highest BCUT2D eigenvalue weighted by molar-refractivity contribution is 5.57. The molecular formula is C9H14N4O3. The van der Waals surface area contributed by atoms with Crippen LogP contribution in [0, 0.1) is 10.1 Å². The SMILES string of the molecule is COCCN(C)c1ccc([N+](=O)[O-])c(N)n1. The summed E-state index contributed by atoms with van der Waals surface area (Å²) < 4.78 is 4.92. The van der Waals surface area contributed by atoms with Gasteiger partial charge in [0.05, 0.1) is 11.5 Å². The number of pyridine rings is 1. The van der Waals surface area contributed by atoms with E-state index in [-0.39, 0.29) is 11.5 Å². The third-order valence-electron chi connectivity index (χ3n) is 2.11. The fourth-order valence-electron chi connectivity index (χ4n) is 1.17. The van der Waals surface area contributed by atoms with Crippen LogP contribution in [0.1, 0.15) is 0 Å². The summed E-state index contributed by atoms with van der Waals surface area (Å²) in [6, 6.07) is 2.91. The first-order valence-corrected chi connectivity index (χ1v) is 4.67. The Balaban J connectivity index is 2.84. The first-order valence-electron chi connectivity index (χ1n) is 4.67. The number of hydrogen-bond donors (Lipinski definition) is 1. The van der Waals surface area contributed by atoms with Crippen LogP contribution >= 0.6 is 0 Å². The van der Waals surface area contributed by atoms with Crippen molar-refractivity contribution in [2.45, 2.75) is 0 Å². The van der Waals surface area contributed by atoms with Gasteiger partial charge in [0.1, 0.15) is 5.82 Å². The Kier molecular flexibility index (Phi) is 4.01. The molecule has 2 N–H and O–H groups in total. The zero-order valence-corrected chi connectivity index (χ0v) is 9.21. The number of nitro groups is 1. The lowest BCUT2D eigenvalue weighted by Gasteiger charge is -2.17. The molecule has 0 aliphatic rings. The molecule has 0 spiro atoms. The van der Waals surface area contributed by atoms with E-state index >= 15 is 0 Å². The van der Waals surface area contributed by atoms with Gasteiger partial charge in [0, 0.05) is 26.8 Å². The summed E-state index contributed by atoms with van der Waals surface area (Å²) in [6.07, 6.45) is 0. The fourth-order valence-corrected chi connectivity index (χ4v) is 1.17. The number of aromatic nitrogens is 1. The van der Waals surface area contributed by atoms with E-state index in [1.165, 1.54) is 6.07 Å². The summed E-state index contributed by atoms with van der Waals surface area (Å²) in [5.74, 6) is 0.506. The molecular weight excluding hydrogens is 212 g/mol.